The van der Waals surface area contributed by atoms with Crippen LogP contribution in [0.15, 0.2) is 36.4 Å². The van der Waals surface area contributed by atoms with Crippen LogP contribution in [0.2, 0.25) is 0 Å². The minimum absolute atomic E-state index is 0.0435. The number of imidazole rings is 1. The summed E-state index contributed by atoms with van der Waals surface area (Å²) in [5, 5.41) is 0. The molecule has 0 saturated heterocycles. The Morgan fingerprint density at radius 3 is 2.73 bits per heavy atom. The van der Waals surface area contributed by atoms with Crippen molar-refractivity contribution in [2.75, 3.05) is 13.6 Å². The Labute approximate surface area is 153 Å². The first-order valence-corrected chi connectivity index (χ1v) is 9.28. The number of hydrogen-bond acceptors (Lipinski definition) is 3. The van der Waals surface area contributed by atoms with Gasteiger partial charge in [-0.05, 0) is 50.5 Å². The fourth-order valence-corrected chi connectivity index (χ4v) is 3.33. The van der Waals surface area contributed by atoms with E-state index in [9.17, 15) is 4.79 Å². The standard InChI is InChI=1S/C21H24N4O/c1-14-16(11-12-17(22-14)15-9-10-15)21(26)25(2)13-5-8-20-23-18-6-3-4-7-19(18)24-20/h3-4,6-7,11-12,15H,5,8-10,13H2,1-2H3,(H,23,24). The number of benzene rings is 1. The number of carbonyl (C=O) groups is 1. The number of fused-ring (bicyclic) bond motifs is 1. The van der Waals surface area contributed by atoms with E-state index in [0.717, 1.165) is 41.1 Å². The van der Waals surface area contributed by atoms with E-state index < -0.39 is 0 Å². The number of rotatable bonds is 6. The number of H-pyrrole nitrogens is 1. The Hall–Kier alpha value is -2.69. The molecule has 1 N–H and O–H groups in total. The summed E-state index contributed by atoms with van der Waals surface area (Å²) in [4.78, 5) is 27.0. The van der Waals surface area contributed by atoms with Gasteiger partial charge < -0.3 is 9.88 Å². The monoisotopic (exact) mass is 348 g/mol. The van der Waals surface area contributed by atoms with Gasteiger partial charge in [0.1, 0.15) is 5.82 Å². The number of aromatic nitrogens is 3. The molecule has 0 radical (unpaired) electrons. The SMILES string of the molecule is Cc1nc(C2CC2)ccc1C(=O)N(C)CCCc1nc2ccccc2[nH]1. The summed E-state index contributed by atoms with van der Waals surface area (Å²) >= 11 is 0. The van der Waals surface area contributed by atoms with E-state index >= 15 is 0 Å². The highest BCUT2D eigenvalue weighted by molar-refractivity contribution is 5.95. The van der Waals surface area contributed by atoms with Gasteiger partial charge in [0.15, 0.2) is 0 Å². The quantitative estimate of drug-likeness (QED) is 0.736. The van der Waals surface area contributed by atoms with Crippen molar-refractivity contribution < 1.29 is 4.79 Å². The molecule has 134 valence electrons. The average molecular weight is 348 g/mol. The van der Waals surface area contributed by atoms with Crippen molar-refractivity contribution in [2.45, 2.75) is 38.5 Å². The topological polar surface area (TPSA) is 61.9 Å². The molecular formula is C21H24N4O. The maximum Gasteiger partial charge on any atom is 0.255 e. The van der Waals surface area contributed by atoms with E-state index in [1.165, 1.54) is 12.8 Å². The molecule has 1 aliphatic carbocycles. The molecule has 0 unspecified atom stereocenters. The number of hydrogen-bond donors (Lipinski definition) is 1. The Kier molecular flexibility index (Phi) is 4.45. The second-order valence-corrected chi connectivity index (χ2v) is 7.17. The van der Waals surface area contributed by atoms with Crippen LogP contribution < -0.4 is 0 Å². The maximum atomic E-state index is 12.7. The molecule has 3 aromatic rings. The zero-order chi connectivity index (χ0) is 18.1. The highest BCUT2D eigenvalue weighted by atomic mass is 16.2. The molecule has 0 spiro atoms. The number of pyridine rings is 1. The number of aromatic amines is 1. The number of amides is 1. The van der Waals surface area contributed by atoms with Crippen LogP contribution in [-0.4, -0.2) is 39.4 Å². The first-order valence-electron chi connectivity index (χ1n) is 9.28. The van der Waals surface area contributed by atoms with Gasteiger partial charge in [-0.2, -0.15) is 0 Å². The first kappa shape index (κ1) is 16.8. The molecule has 2 aromatic heterocycles. The van der Waals surface area contributed by atoms with E-state index in [1.54, 1.807) is 4.90 Å². The zero-order valence-corrected chi connectivity index (χ0v) is 15.3. The van der Waals surface area contributed by atoms with Crippen LogP contribution in [0.25, 0.3) is 11.0 Å². The van der Waals surface area contributed by atoms with Crippen LogP contribution in [0, 0.1) is 6.92 Å². The van der Waals surface area contributed by atoms with Crippen LogP contribution in [-0.2, 0) is 6.42 Å². The molecule has 1 amide bonds. The summed E-state index contributed by atoms with van der Waals surface area (Å²) in [6.45, 7) is 2.63. The second-order valence-electron chi connectivity index (χ2n) is 7.17. The molecule has 0 bridgehead atoms. The minimum atomic E-state index is 0.0435. The number of para-hydroxylation sites is 2. The van der Waals surface area contributed by atoms with Gasteiger partial charge in [-0.3, -0.25) is 9.78 Å². The van der Waals surface area contributed by atoms with Crippen molar-refractivity contribution in [3.05, 3.63) is 59.2 Å². The van der Waals surface area contributed by atoms with Gasteiger partial charge in [0.25, 0.3) is 5.91 Å². The largest absolute Gasteiger partial charge is 0.342 e. The van der Waals surface area contributed by atoms with E-state index in [2.05, 4.69) is 15.0 Å². The molecule has 0 aliphatic heterocycles. The molecule has 1 aliphatic rings. The molecule has 2 heterocycles. The van der Waals surface area contributed by atoms with Crippen molar-refractivity contribution in [1.29, 1.82) is 0 Å². The third-order valence-corrected chi connectivity index (χ3v) is 5.03. The summed E-state index contributed by atoms with van der Waals surface area (Å²) in [7, 11) is 1.86. The molecule has 1 fully saturated rings. The number of aryl methyl sites for hydroxylation is 2. The van der Waals surface area contributed by atoms with Crippen molar-refractivity contribution in [1.82, 2.24) is 19.9 Å². The molecule has 1 saturated carbocycles. The normalized spacial score (nSPS) is 13.9. The lowest BCUT2D eigenvalue weighted by atomic mass is 10.1. The van der Waals surface area contributed by atoms with Crippen LogP contribution in [0.1, 0.15) is 52.8 Å². The van der Waals surface area contributed by atoms with Crippen molar-refractivity contribution in [2.24, 2.45) is 0 Å². The molecule has 26 heavy (non-hydrogen) atoms. The number of nitrogens with zero attached hydrogens (tertiary/aromatic N) is 3. The van der Waals surface area contributed by atoms with Gasteiger partial charge in [-0.15, -0.1) is 0 Å². The maximum absolute atomic E-state index is 12.7. The summed E-state index contributed by atoms with van der Waals surface area (Å²) in [6.07, 6.45) is 4.14. The predicted octanol–water partition coefficient (Wildman–Crippen LogP) is 3.85. The van der Waals surface area contributed by atoms with Gasteiger partial charge in [-0.25, -0.2) is 4.98 Å². The highest BCUT2D eigenvalue weighted by Crippen LogP contribution is 2.39. The fourth-order valence-electron chi connectivity index (χ4n) is 3.33. The summed E-state index contributed by atoms with van der Waals surface area (Å²) in [5.74, 6) is 1.63. The Morgan fingerprint density at radius 1 is 1.19 bits per heavy atom. The molecule has 0 atom stereocenters. The van der Waals surface area contributed by atoms with Gasteiger partial charge in [-0.1, -0.05) is 12.1 Å². The Balaban J connectivity index is 1.35. The van der Waals surface area contributed by atoms with Crippen LogP contribution in [0.3, 0.4) is 0 Å². The van der Waals surface area contributed by atoms with E-state index in [4.69, 9.17) is 0 Å². The molecular weight excluding hydrogens is 324 g/mol. The summed E-state index contributed by atoms with van der Waals surface area (Å²) < 4.78 is 0. The van der Waals surface area contributed by atoms with Gasteiger partial charge in [0, 0.05) is 31.6 Å². The van der Waals surface area contributed by atoms with Gasteiger partial charge in [0.2, 0.25) is 0 Å². The third-order valence-electron chi connectivity index (χ3n) is 5.03. The zero-order valence-electron chi connectivity index (χ0n) is 15.3. The van der Waals surface area contributed by atoms with Crippen molar-refractivity contribution >= 4 is 16.9 Å². The molecule has 5 nitrogen and oxygen atoms in total. The van der Waals surface area contributed by atoms with Crippen LogP contribution >= 0.6 is 0 Å². The van der Waals surface area contributed by atoms with Crippen molar-refractivity contribution in [3.8, 4) is 0 Å². The molecule has 4 rings (SSSR count). The number of nitrogens with one attached hydrogen (secondary N) is 1. The molecule has 5 heteroatoms. The summed E-state index contributed by atoms with van der Waals surface area (Å²) in [5.41, 5.74) is 4.73. The van der Waals surface area contributed by atoms with Crippen LogP contribution in [0.5, 0.6) is 0 Å². The van der Waals surface area contributed by atoms with Gasteiger partial charge >= 0.3 is 0 Å². The second kappa shape index (κ2) is 6.90. The fraction of sp³-hybridized carbons (Fsp3) is 0.381. The Bertz CT molecular complexity index is 909. The van der Waals surface area contributed by atoms with Crippen LogP contribution in [0.4, 0.5) is 0 Å². The minimum Gasteiger partial charge on any atom is -0.342 e. The lowest BCUT2D eigenvalue weighted by molar-refractivity contribution is 0.0792. The van der Waals surface area contributed by atoms with Gasteiger partial charge in [0.05, 0.1) is 22.3 Å². The molecule has 1 aromatic carbocycles. The van der Waals surface area contributed by atoms with E-state index in [0.29, 0.717) is 18.0 Å². The van der Waals surface area contributed by atoms with E-state index in [-0.39, 0.29) is 5.91 Å². The third kappa shape index (κ3) is 3.47. The average Bonchev–Trinajstić information content (AvgIpc) is 3.40. The first-order chi connectivity index (χ1) is 12.6. The smallest absolute Gasteiger partial charge is 0.255 e. The lowest BCUT2D eigenvalue weighted by Crippen LogP contribution is -2.29. The summed E-state index contributed by atoms with van der Waals surface area (Å²) in [6, 6.07) is 12.0. The highest BCUT2D eigenvalue weighted by Gasteiger charge is 2.26. The van der Waals surface area contributed by atoms with Crippen molar-refractivity contribution in [3.63, 3.8) is 0 Å². The Morgan fingerprint density at radius 2 is 2.00 bits per heavy atom. The lowest BCUT2D eigenvalue weighted by Gasteiger charge is -2.18. The predicted molar refractivity (Wildman–Crippen MR) is 102 cm³/mol. The number of carbonyl (C=O) groups excluding carboxylic acids is 1. The van der Waals surface area contributed by atoms with E-state index in [1.807, 2.05) is 50.4 Å².